The minimum Gasteiger partial charge on any atom is -0.381 e. The van der Waals surface area contributed by atoms with Gasteiger partial charge in [-0.2, -0.15) is 5.26 Å². The van der Waals surface area contributed by atoms with Gasteiger partial charge in [0.05, 0.1) is 11.6 Å². The first-order chi connectivity index (χ1) is 9.10. The molecule has 0 fully saturated rings. The second-order valence-electron chi connectivity index (χ2n) is 3.85. The molecule has 0 saturated heterocycles. The second-order valence-corrected chi connectivity index (χ2v) is 3.85. The summed E-state index contributed by atoms with van der Waals surface area (Å²) in [6.07, 6.45) is 0. The van der Waals surface area contributed by atoms with Gasteiger partial charge in [0, 0.05) is 12.6 Å². The van der Waals surface area contributed by atoms with Crippen LogP contribution in [0.2, 0.25) is 0 Å². The van der Waals surface area contributed by atoms with E-state index in [4.69, 9.17) is 11.0 Å². The number of halogens is 2. The second kappa shape index (κ2) is 5.31. The summed E-state index contributed by atoms with van der Waals surface area (Å²) in [6, 6.07) is 9.51. The van der Waals surface area contributed by atoms with Gasteiger partial charge in [-0.15, -0.1) is 0 Å². The smallest absolute Gasteiger partial charge is 0.168 e. The van der Waals surface area contributed by atoms with Gasteiger partial charge in [0.2, 0.25) is 0 Å². The van der Waals surface area contributed by atoms with Crippen molar-refractivity contribution in [2.75, 3.05) is 11.1 Å². The Hall–Kier alpha value is -2.68. The molecule has 96 valence electrons. The van der Waals surface area contributed by atoms with Gasteiger partial charge >= 0.3 is 0 Å². The summed E-state index contributed by atoms with van der Waals surface area (Å²) in [5.41, 5.74) is 6.55. The summed E-state index contributed by atoms with van der Waals surface area (Å²) in [4.78, 5) is 3.58. The molecule has 1 aromatic carbocycles. The summed E-state index contributed by atoms with van der Waals surface area (Å²) in [5.74, 6) is -2.20. The molecule has 6 heteroatoms. The van der Waals surface area contributed by atoms with E-state index in [0.717, 1.165) is 5.56 Å². The quantitative estimate of drug-likeness (QED) is 0.888. The van der Waals surface area contributed by atoms with Crippen molar-refractivity contribution in [3.63, 3.8) is 0 Å². The zero-order valence-electron chi connectivity index (χ0n) is 9.82. The Morgan fingerprint density at radius 1 is 1.26 bits per heavy atom. The molecule has 19 heavy (non-hydrogen) atoms. The van der Waals surface area contributed by atoms with E-state index in [0.29, 0.717) is 11.6 Å². The van der Waals surface area contributed by atoms with Crippen LogP contribution in [0.4, 0.5) is 20.4 Å². The molecule has 0 unspecified atom stereocenters. The first-order valence-electron chi connectivity index (χ1n) is 5.44. The van der Waals surface area contributed by atoms with Crippen molar-refractivity contribution < 1.29 is 8.78 Å². The van der Waals surface area contributed by atoms with Gasteiger partial charge in [-0.3, -0.25) is 0 Å². The molecule has 2 aromatic rings. The molecule has 0 radical (unpaired) electrons. The largest absolute Gasteiger partial charge is 0.381 e. The van der Waals surface area contributed by atoms with Crippen LogP contribution in [0.15, 0.2) is 30.3 Å². The van der Waals surface area contributed by atoms with Crippen LogP contribution in [0.3, 0.4) is 0 Å². The SMILES string of the molecule is N#Cc1cccc(CNc2nc(N)c(F)cc2F)c1. The minimum absolute atomic E-state index is 0.124. The molecule has 0 saturated carbocycles. The highest BCUT2D eigenvalue weighted by molar-refractivity contribution is 5.45. The van der Waals surface area contributed by atoms with Crippen LogP contribution in [-0.4, -0.2) is 4.98 Å². The number of hydrogen-bond donors (Lipinski definition) is 2. The Balaban J connectivity index is 2.14. The third-order valence-corrected chi connectivity index (χ3v) is 2.47. The number of anilines is 2. The molecule has 0 aliphatic rings. The third-order valence-electron chi connectivity index (χ3n) is 2.47. The van der Waals surface area contributed by atoms with E-state index in [2.05, 4.69) is 10.3 Å². The number of nitrogens with two attached hydrogens (primary N) is 1. The van der Waals surface area contributed by atoms with Crippen LogP contribution < -0.4 is 11.1 Å². The normalized spacial score (nSPS) is 9.95. The van der Waals surface area contributed by atoms with Crippen LogP contribution in [0.25, 0.3) is 0 Å². The monoisotopic (exact) mass is 260 g/mol. The van der Waals surface area contributed by atoms with E-state index in [1.54, 1.807) is 24.3 Å². The molecular weight excluding hydrogens is 250 g/mol. The lowest BCUT2D eigenvalue weighted by molar-refractivity contribution is 0.579. The number of nitrogens with zero attached hydrogens (tertiary/aromatic N) is 2. The number of nitrogen functional groups attached to an aromatic ring is 1. The number of rotatable bonds is 3. The summed E-state index contributed by atoms with van der Waals surface area (Å²) in [6.45, 7) is 0.254. The molecule has 3 N–H and O–H groups in total. The molecule has 0 amide bonds. The molecule has 0 bridgehead atoms. The Morgan fingerprint density at radius 2 is 2.05 bits per heavy atom. The van der Waals surface area contributed by atoms with E-state index in [1.165, 1.54) is 0 Å². The van der Waals surface area contributed by atoms with Crippen molar-refractivity contribution in [2.24, 2.45) is 0 Å². The molecule has 2 rings (SSSR count). The number of nitrogens with one attached hydrogen (secondary N) is 1. The van der Waals surface area contributed by atoms with Crippen molar-refractivity contribution in [1.29, 1.82) is 5.26 Å². The van der Waals surface area contributed by atoms with E-state index in [9.17, 15) is 8.78 Å². The number of nitriles is 1. The summed E-state index contributed by atoms with van der Waals surface area (Å²) in [7, 11) is 0. The Kier molecular flexibility index (Phi) is 3.57. The lowest BCUT2D eigenvalue weighted by Gasteiger charge is -2.08. The lowest BCUT2D eigenvalue weighted by Crippen LogP contribution is -2.07. The van der Waals surface area contributed by atoms with Crippen LogP contribution in [0.1, 0.15) is 11.1 Å². The van der Waals surface area contributed by atoms with Gasteiger partial charge in [0.15, 0.2) is 23.3 Å². The standard InChI is InChI=1S/C13H10F2N4/c14-10-5-11(15)13(19-12(10)17)18-7-9-3-1-2-8(4-9)6-16/h1-5H,7H2,(H3,17,18,19). The van der Waals surface area contributed by atoms with E-state index >= 15 is 0 Å². The average Bonchev–Trinajstić information content (AvgIpc) is 2.41. The first-order valence-corrected chi connectivity index (χ1v) is 5.44. The molecule has 0 spiro atoms. The Morgan fingerprint density at radius 3 is 2.79 bits per heavy atom. The first kappa shape index (κ1) is 12.8. The van der Waals surface area contributed by atoms with Gasteiger partial charge in [0.25, 0.3) is 0 Å². The van der Waals surface area contributed by atoms with E-state index in [1.807, 2.05) is 6.07 Å². The minimum atomic E-state index is -0.894. The van der Waals surface area contributed by atoms with Gasteiger partial charge < -0.3 is 11.1 Å². The van der Waals surface area contributed by atoms with Crippen molar-refractivity contribution in [1.82, 2.24) is 4.98 Å². The molecule has 0 aliphatic carbocycles. The summed E-state index contributed by atoms with van der Waals surface area (Å²) in [5, 5.41) is 11.5. The van der Waals surface area contributed by atoms with Crippen LogP contribution >= 0.6 is 0 Å². The van der Waals surface area contributed by atoms with Gasteiger partial charge in [-0.25, -0.2) is 13.8 Å². The maximum Gasteiger partial charge on any atom is 0.168 e. The summed E-state index contributed by atoms with van der Waals surface area (Å²) >= 11 is 0. The third kappa shape index (κ3) is 2.96. The van der Waals surface area contributed by atoms with Gasteiger partial charge in [-0.05, 0) is 17.7 Å². The van der Waals surface area contributed by atoms with Crippen LogP contribution in [0.5, 0.6) is 0 Å². The molecule has 4 nitrogen and oxygen atoms in total. The topological polar surface area (TPSA) is 74.7 Å². The fourth-order valence-corrected chi connectivity index (χ4v) is 1.54. The lowest BCUT2D eigenvalue weighted by atomic mass is 10.1. The van der Waals surface area contributed by atoms with Gasteiger partial charge in [0.1, 0.15) is 0 Å². The number of hydrogen-bond acceptors (Lipinski definition) is 4. The summed E-state index contributed by atoms with van der Waals surface area (Å²) < 4.78 is 26.3. The van der Waals surface area contributed by atoms with Crippen molar-refractivity contribution in [3.05, 3.63) is 53.1 Å². The van der Waals surface area contributed by atoms with E-state index in [-0.39, 0.29) is 18.2 Å². The fraction of sp³-hybridized carbons (Fsp3) is 0.0769. The molecule has 1 aromatic heterocycles. The molecule has 0 atom stereocenters. The zero-order chi connectivity index (χ0) is 13.8. The zero-order valence-corrected chi connectivity index (χ0v) is 9.82. The van der Waals surface area contributed by atoms with Crippen molar-refractivity contribution in [2.45, 2.75) is 6.54 Å². The molecular formula is C13H10F2N4. The predicted octanol–water partition coefficient (Wildman–Crippen LogP) is 2.43. The van der Waals surface area contributed by atoms with E-state index < -0.39 is 11.6 Å². The van der Waals surface area contributed by atoms with Crippen LogP contribution in [-0.2, 0) is 6.54 Å². The highest BCUT2D eigenvalue weighted by Crippen LogP contribution is 2.17. The Labute approximate surface area is 108 Å². The van der Waals surface area contributed by atoms with Crippen LogP contribution in [0, 0.1) is 23.0 Å². The average molecular weight is 260 g/mol. The maximum absolute atomic E-state index is 13.4. The number of benzene rings is 1. The highest BCUT2D eigenvalue weighted by atomic mass is 19.1. The highest BCUT2D eigenvalue weighted by Gasteiger charge is 2.09. The molecule has 0 aliphatic heterocycles. The molecule has 1 heterocycles. The fourth-order valence-electron chi connectivity index (χ4n) is 1.54. The Bertz CT molecular complexity index is 650. The maximum atomic E-state index is 13.4. The van der Waals surface area contributed by atoms with Gasteiger partial charge in [-0.1, -0.05) is 12.1 Å². The number of aromatic nitrogens is 1. The number of pyridine rings is 1. The predicted molar refractivity (Wildman–Crippen MR) is 67.0 cm³/mol. The van der Waals surface area contributed by atoms with Crippen molar-refractivity contribution in [3.8, 4) is 6.07 Å². The van der Waals surface area contributed by atoms with Crippen molar-refractivity contribution >= 4 is 11.6 Å².